The number of pyridine rings is 2. The number of carbonyl (C=O) groups excluding carboxylic acids is 2. The van der Waals surface area contributed by atoms with Gasteiger partial charge in [0.1, 0.15) is 29.2 Å². The van der Waals surface area contributed by atoms with E-state index in [9.17, 15) is 9.59 Å². The average molecular weight is 528 g/mol. The first kappa shape index (κ1) is 26.2. The average Bonchev–Trinajstić information content (AvgIpc) is 3.53. The molecule has 1 N–H and O–H groups in total. The molecular weight excluding hydrogens is 502 g/mol. The van der Waals surface area contributed by atoms with Gasteiger partial charge in [0.05, 0.1) is 0 Å². The number of benzene rings is 2. The number of aromatic nitrogens is 5. The highest BCUT2D eigenvalue weighted by atomic mass is 16.5. The van der Waals surface area contributed by atoms with Crippen LogP contribution in [0.1, 0.15) is 56.4 Å². The van der Waals surface area contributed by atoms with Crippen LogP contribution in [0.5, 0.6) is 11.5 Å². The SMILES string of the molecule is CCC(=O)c1cc(Oc2ccc(CC(=O)c3ccc(C)c(C#Cc4ccc(-c5ncn[nH]5)nc4)c3)cc2)ccn1. The molecule has 196 valence electrons. The minimum Gasteiger partial charge on any atom is -0.457 e. The van der Waals surface area contributed by atoms with Crippen LogP contribution in [0.2, 0.25) is 0 Å². The van der Waals surface area contributed by atoms with Crippen LogP contribution in [0.25, 0.3) is 11.5 Å². The maximum absolute atomic E-state index is 13.1. The van der Waals surface area contributed by atoms with E-state index in [1.54, 1.807) is 43.6 Å². The largest absolute Gasteiger partial charge is 0.457 e. The first-order valence-corrected chi connectivity index (χ1v) is 12.7. The third-order valence-corrected chi connectivity index (χ3v) is 6.18. The zero-order valence-electron chi connectivity index (χ0n) is 22.0. The van der Waals surface area contributed by atoms with Gasteiger partial charge in [-0.15, -0.1) is 0 Å². The van der Waals surface area contributed by atoms with Crippen LogP contribution in [0.15, 0.2) is 85.5 Å². The molecule has 0 unspecified atom stereocenters. The quantitative estimate of drug-likeness (QED) is 0.201. The molecule has 0 spiro atoms. The topological polar surface area (TPSA) is 111 Å². The lowest BCUT2D eigenvalue weighted by atomic mass is 9.98. The predicted molar refractivity (Wildman–Crippen MR) is 150 cm³/mol. The van der Waals surface area contributed by atoms with E-state index >= 15 is 0 Å². The van der Waals surface area contributed by atoms with Gasteiger partial charge in [-0.05, 0) is 54.4 Å². The minimum atomic E-state index is -0.0423. The van der Waals surface area contributed by atoms with Gasteiger partial charge in [0, 0.05) is 48.0 Å². The molecule has 40 heavy (non-hydrogen) atoms. The highest BCUT2D eigenvalue weighted by Crippen LogP contribution is 2.23. The number of hydrogen-bond acceptors (Lipinski definition) is 7. The second kappa shape index (κ2) is 12.0. The number of hydrogen-bond donors (Lipinski definition) is 1. The van der Waals surface area contributed by atoms with E-state index in [0.717, 1.165) is 22.3 Å². The van der Waals surface area contributed by atoms with Crippen molar-refractivity contribution in [1.82, 2.24) is 25.1 Å². The fourth-order valence-electron chi connectivity index (χ4n) is 3.91. The van der Waals surface area contributed by atoms with Gasteiger partial charge in [-0.3, -0.25) is 24.7 Å². The second-order valence-corrected chi connectivity index (χ2v) is 9.05. The molecule has 0 aliphatic carbocycles. The first-order valence-electron chi connectivity index (χ1n) is 12.7. The van der Waals surface area contributed by atoms with E-state index in [-0.39, 0.29) is 18.0 Å². The molecule has 2 aromatic carbocycles. The Balaban J connectivity index is 1.24. The van der Waals surface area contributed by atoms with Crippen molar-refractivity contribution >= 4 is 11.6 Å². The Labute approximate surface area is 231 Å². The smallest absolute Gasteiger partial charge is 0.181 e. The van der Waals surface area contributed by atoms with Crippen LogP contribution < -0.4 is 4.74 Å². The van der Waals surface area contributed by atoms with Crippen LogP contribution in [0, 0.1) is 18.8 Å². The first-order chi connectivity index (χ1) is 19.5. The number of Topliss-reactive ketones (excluding diaryl/α,β-unsaturated/α-hetero) is 2. The highest BCUT2D eigenvalue weighted by molar-refractivity contribution is 5.98. The number of ketones is 2. The van der Waals surface area contributed by atoms with Crippen molar-refractivity contribution in [2.75, 3.05) is 0 Å². The predicted octanol–water partition coefficient (Wildman–Crippen LogP) is 5.78. The summed E-state index contributed by atoms with van der Waals surface area (Å²) in [6.07, 6.45) is 5.29. The second-order valence-electron chi connectivity index (χ2n) is 9.05. The van der Waals surface area contributed by atoms with Gasteiger partial charge in [0.2, 0.25) is 0 Å². The number of aromatic amines is 1. The van der Waals surface area contributed by atoms with Gasteiger partial charge < -0.3 is 4.74 Å². The summed E-state index contributed by atoms with van der Waals surface area (Å²) in [7, 11) is 0. The fraction of sp³-hybridized carbons (Fsp3) is 0.125. The summed E-state index contributed by atoms with van der Waals surface area (Å²) < 4.78 is 5.87. The zero-order valence-corrected chi connectivity index (χ0v) is 22.0. The minimum absolute atomic E-state index is 0.00773. The summed E-state index contributed by atoms with van der Waals surface area (Å²) in [5.74, 6) is 7.97. The Hall–Kier alpha value is -5.42. The summed E-state index contributed by atoms with van der Waals surface area (Å²) in [5, 5.41) is 6.62. The maximum Gasteiger partial charge on any atom is 0.181 e. The molecule has 0 aliphatic rings. The van der Waals surface area contributed by atoms with Crippen molar-refractivity contribution in [1.29, 1.82) is 0 Å². The molecule has 0 amide bonds. The summed E-state index contributed by atoms with van der Waals surface area (Å²) >= 11 is 0. The van der Waals surface area contributed by atoms with Crippen molar-refractivity contribution in [2.45, 2.75) is 26.7 Å². The molecule has 0 saturated heterocycles. The Morgan fingerprint density at radius 1 is 0.875 bits per heavy atom. The molecule has 8 nitrogen and oxygen atoms in total. The molecule has 0 atom stereocenters. The van der Waals surface area contributed by atoms with E-state index in [1.807, 2.05) is 49.4 Å². The molecule has 5 rings (SSSR count). The number of nitrogens with zero attached hydrogens (tertiary/aromatic N) is 4. The number of carbonyl (C=O) groups is 2. The monoisotopic (exact) mass is 527 g/mol. The molecule has 0 aliphatic heterocycles. The standard InChI is InChI=1S/C32H25N5O3/c1-3-30(38)29-18-27(14-15-33-29)40-26-11-6-22(7-12-26)16-31(39)25-9-4-21(2)24(17-25)10-5-23-8-13-28(34-19-23)32-35-20-36-37-32/h4,6-9,11-15,17-20H,3,16H2,1-2H3,(H,35,36,37). The van der Waals surface area contributed by atoms with E-state index in [0.29, 0.717) is 40.7 Å². The molecular formula is C32H25N5O3. The number of nitrogens with one attached hydrogen (secondary N) is 1. The van der Waals surface area contributed by atoms with E-state index < -0.39 is 0 Å². The third-order valence-electron chi connectivity index (χ3n) is 6.18. The lowest BCUT2D eigenvalue weighted by Crippen LogP contribution is -2.04. The summed E-state index contributed by atoms with van der Waals surface area (Å²) in [6.45, 7) is 3.76. The molecule has 0 fully saturated rings. The van der Waals surface area contributed by atoms with Gasteiger partial charge in [-0.2, -0.15) is 5.10 Å². The van der Waals surface area contributed by atoms with Crippen LogP contribution in [-0.2, 0) is 6.42 Å². The van der Waals surface area contributed by atoms with Crippen LogP contribution in [0.3, 0.4) is 0 Å². The molecule has 5 aromatic rings. The molecule has 0 radical (unpaired) electrons. The van der Waals surface area contributed by atoms with Crippen molar-refractivity contribution < 1.29 is 14.3 Å². The van der Waals surface area contributed by atoms with Crippen LogP contribution >= 0.6 is 0 Å². The number of H-pyrrole nitrogens is 1. The number of ether oxygens (including phenoxy) is 1. The lowest BCUT2D eigenvalue weighted by molar-refractivity contribution is 0.0978. The highest BCUT2D eigenvalue weighted by Gasteiger charge is 2.11. The van der Waals surface area contributed by atoms with Gasteiger partial charge in [-0.25, -0.2) is 4.98 Å². The summed E-state index contributed by atoms with van der Waals surface area (Å²) in [4.78, 5) is 37.5. The molecule has 0 bridgehead atoms. The van der Waals surface area contributed by atoms with Crippen LogP contribution in [0.4, 0.5) is 0 Å². The van der Waals surface area contributed by atoms with Gasteiger partial charge in [0.15, 0.2) is 17.4 Å². The maximum atomic E-state index is 13.1. The fourth-order valence-corrected chi connectivity index (χ4v) is 3.91. The normalized spacial score (nSPS) is 10.4. The number of aryl methyl sites for hydroxylation is 1. The van der Waals surface area contributed by atoms with Gasteiger partial charge >= 0.3 is 0 Å². The lowest BCUT2D eigenvalue weighted by Gasteiger charge is -2.08. The molecule has 8 heteroatoms. The Kier molecular flexibility index (Phi) is 7.84. The van der Waals surface area contributed by atoms with Crippen molar-refractivity contribution in [3.8, 4) is 34.9 Å². The Morgan fingerprint density at radius 3 is 2.45 bits per heavy atom. The van der Waals surface area contributed by atoms with Gasteiger partial charge in [-0.1, -0.05) is 43.0 Å². The van der Waals surface area contributed by atoms with Crippen molar-refractivity contribution in [2.24, 2.45) is 0 Å². The van der Waals surface area contributed by atoms with E-state index in [1.165, 1.54) is 6.33 Å². The third kappa shape index (κ3) is 6.34. The van der Waals surface area contributed by atoms with Gasteiger partial charge in [0.25, 0.3) is 0 Å². The van der Waals surface area contributed by atoms with Crippen molar-refractivity contribution in [3.05, 3.63) is 119 Å². The molecule has 3 heterocycles. The Bertz CT molecular complexity index is 1720. The summed E-state index contributed by atoms with van der Waals surface area (Å²) in [5.41, 5.74) is 5.03. The van der Waals surface area contributed by atoms with E-state index in [4.69, 9.17) is 4.74 Å². The molecule has 0 saturated carbocycles. The Morgan fingerprint density at radius 2 is 1.73 bits per heavy atom. The van der Waals surface area contributed by atoms with E-state index in [2.05, 4.69) is 37.0 Å². The van der Waals surface area contributed by atoms with Crippen molar-refractivity contribution in [3.63, 3.8) is 0 Å². The summed E-state index contributed by atoms with van der Waals surface area (Å²) in [6, 6.07) is 19.9. The molecule has 3 aromatic heterocycles. The van der Waals surface area contributed by atoms with Crippen LogP contribution in [-0.4, -0.2) is 36.7 Å². The zero-order chi connectivity index (χ0) is 27.9. The number of rotatable bonds is 8.